The average Bonchev–Trinajstić information content (AvgIpc) is 2.17. The minimum Gasteiger partial charge on any atom is -0.354 e. The molecule has 5 heteroatoms. The molecule has 1 rings (SSSR count). The Morgan fingerprint density at radius 2 is 1.93 bits per heavy atom. The van der Waals surface area contributed by atoms with E-state index in [4.69, 9.17) is 0 Å². The Morgan fingerprint density at radius 3 is 2.53 bits per heavy atom. The van der Waals surface area contributed by atoms with E-state index >= 15 is 0 Å². The maximum Gasteiger partial charge on any atom is 0.229 e. The molecule has 0 aromatic carbocycles. The van der Waals surface area contributed by atoms with Crippen LogP contribution in [0.3, 0.4) is 0 Å². The molecule has 0 fully saturated rings. The summed E-state index contributed by atoms with van der Waals surface area (Å²) in [5.41, 5.74) is 0. The number of hydrogen-bond donors (Lipinski definition) is 1. The molecule has 84 valence electrons. The molecule has 0 amide bonds. The van der Waals surface area contributed by atoms with Gasteiger partial charge in [0.2, 0.25) is 11.9 Å². The summed E-state index contributed by atoms with van der Waals surface area (Å²) in [6.45, 7) is 4.94. The molecular weight excluding hydrogens is 190 g/mol. The zero-order valence-corrected chi connectivity index (χ0v) is 9.91. The first kappa shape index (κ1) is 11.7. The Kier molecular flexibility index (Phi) is 4.27. The van der Waals surface area contributed by atoms with Crippen molar-refractivity contribution in [2.45, 2.75) is 26.7 Å². The number of unbranched alkanes of at least 4 members (excludes halogenated alkanes) is 1. The molecule has 0 saturated carbocycles. The molecule has 15 heavy (non-hydrogen) atoms. The summed E-state index contributed by atoms with van der Waals surface area (Å²) in [6, 6.07) is 0. The molecule has 0 radical (unpaired) electrons. The van der Waals surface area contributed by atoms with E-state index in [9.17, 15) is 0 Å². The molecule has 0 atom stereocenters. The predicted octanol–water partition coefficient (Wildman–Crippen LogP) is 1.46. The number of aromatic nitrogens is 3. The zero-order valence-electron chi connectivity index (χ0n) is 9.91. The van der Waals surface area contributed by atoms with E-state index in [-0.39, 0.29) is 0 Å². The molecule has 0 aliphatic carbocycles. The van der Waals surface area contributed by atoms with E-state index in [1.54, 1.807) is 0 Å². The lowest BCUT2D eigenvalue weighted by atomic mass is 10.3. The highest BCUT2D eigenvalue weighted by Crippen LogP contribution is 2.07. The monoisotopic (exact) mass is 209 g/mol. The minimum atomic E-state index is 0.666. The molecule has 1 aromatic rings. The lowest BCUT2D eigenvalue weighted by molar-refractivity contribution is 0.818. The van der Waals surface area contributed by atoms with Gasteiger partial charge in [-0.2, -0.15) is 15.0 Å². The lowest BCUT2D eigenvalue weighted by Gasteiger charge is -2.12. The molecule has 0 unspecified atom stereocenters. The van der Waals surface area contributed by atoms with Crippen molar-refractivity contribution in [2.75, 3.05) is 30.9 Å². The van der Waals surface area contributed by atoms with Gasteiger partial charge < -0.3 is 10.2 Å². The third kappa shape index (κ3) is 3.69. The normalized spacial score (nSPS) is 10.1. The third-order valence-electron chi connectivity index (χ3n) is 1.95. The summed E-state index contributed by atoms with van der Waals surface area (Å²) in [7, 11) is 3.84. The van der Waals surface area contributed by atoms with Crippen molar-refractivity contribution in [2.24, 2.45) is 0 Å². The summed E-state index contributed by atoms with van der Waals surface area (Å²) in [4.78, 5) is 14.6. The second-order valence-electron chi connectivity index (χ2n) is 3.68. The summed E-state index contributed by atoms with van der Waals surface area (Å²) in [5, 5.41) is 3.19. The van der Waals surface area contributed by atoms with E-state index in [1.165, 1.54) is 0 Å². The van der Waals surface area contributed by atoms with Gasteiger partial charge in [-0.15, -0.1) is 0 Å². The van der Waals surface area contributed by atoms with Crippen LogP contribution in [0.1, 0.15) is 25.6 Å². The molecule has 0 saturated heterocycles. The Balaban J connectivity index is 2.71. The fourth-order valence-corrected chi connectivity index (χ4v) is 1.12. The van der Waals surface area contributed by atoms with Crippen LogP contribution in [0.25, 0.3) is 0 Å². The van der Waals surface area contributed by atoms with Crippen LogP contribution in [-0.2, 0) is 0 Å². The van der Waals surface area contributed by atoms with Crippen LogP contribution in [-0.4, -0.2) is 35.6 Å². The van der Waals surface area contributed by atoms with Crippen LogP contribution < -0.4 is 10.2 Å². The molecule has 1 heterocycles. The van der Waals surface area contributed by atoms with Gasteiger partial charge in [-0.1, -0.05) is 13.3 Å². The molecule has 0 aliphatic heterocycles. The molecule has 0 aliphatic rings. The molecule has 0 bridgehead atoms. The van der Waals surface area contributed by atoms with Crippen LogP contribution in [0.2, 0.25) is 0 Å². The maximum absolute atomic E-state index is 4.30. The SMILES string of the molecule is CCCCNc1nc(C)nc(N(C)C)n1. The zero-order chi connectivity index (χ0) is 11.3. The topological polar surface area (TPSA) is 53.9 Å². The predicted molar refractivity (Wildman–Crippen MR) is 62.3 cm³/mol. The van der Waals surface area contributed by atoms with Crippen molar-refractivity contribution in [3.63, 3.8) is 0 Å². The number of nitrogens with one attached hydrogen (secondary N) is 1. The van der Waals surface area contributed by atoms with Crippen LogP contribution in [0, 0.1) is 6.92 Å². The first-order chi connectivity index (χ1) is 7.13. The molecule has 5 nitrogen and oxygen atoms in total. The first-order valence-electron chi connectivity index (χ1n) is 5.27. The highest BCUT2D eigenvalue weighted by Gasteiger charge is 2.04. The van der Waals surface area contributed by atoms with Gasteiger partial charge in [0.1, 0.15) is 5.82 Å². The number of nitrogens with zero attached hydrogens (tertiary/aromatic N) is 4. The quantitative estimate of drug-likeness (QED) is 0.744. The fraction of sp³-hybridized carbons (Fsp3) is 0.700. The van der Waals surface area contributed by atoms with Gasteiger partial charge in [-0.05, 0) is 13.3 Å². The second kappa shape index (κ2) is 5.48. The Labute approximate surface area is 91.0 Å². The van der Waals surface area contributed by atoms with Crippen molar-refractivity contribution in [1.82, 2.24) is 15.0 Å². The third-order valence-corrected chi connectivity index (χ3v) is 1.95. The lowest BCUT2D eigenvalue weighted by Crippen LogP contribution is -2.16. The Morgan fingerprint density at radius 1 is 1.20 bits per heavy atom. The first-order valence-corrected chi connectivity index (χ1v) is 5.27. The van der Waals surface area contributed by atoms with Crippen molar-refractivity contribution in [3.8, 4) is 0 Å². The molecule has 1 N–H and O–H groups in total. The van der Waals surface area contributed by atoms with Crippen LogP contribution in [0.5, 0.6) is 0 Å². The van der Waals surface area contributed by atoms with Crippen molar-refractivity contribution < 1.29 is 0 Å². The molecular formula is C10H19N5. The highest BCUT2D eigenvalue weighted by atomic mass is 15.3. The van der Waals surface area contributed by atoms with Crippen molar-refractivity contribution >= 4 is 11.9 Å². The molecule has 1 aromatic heterocycles. The maximum atomic E-state index is 4.30. The summed E-state index contributed by atoms with van der Waals surface area (Å²) < 4.78 is 0. The molecule has 0 spiro atoms. The van der Waals surface area contributed by atoms with E-state index in [1.807, 2.05) is 25.9 Å². The smallest absolute Gasteiger partial charge is 0.229 e. The van der Waals surface area contributed by atoms with Gasteiger partial charge in [0.05, 0.1) is 0 Å². The average molecular weight is 209 g/mol. The van der Waals surface area contributed by atoms with Crippen LogP contribution >= 0.6 is 0 Å². The van der Waals surface area contributed by atoms with E-state index < -0.39 is 0 Å². The largest absolute Gasteiger partial charge is 0.354 e. The van der Waals surface area contributed by atoms with E-state index in [0.29, 0.717) is 11.9 Å². The Bertz CT molecular complexity index is 311. The second-order valence-corrected chi connectivity index (χ2v) is 3.68. The van der Waals surface area contributed by atoms with Crippen LogP contribution in [0.15, 0.2) is 0 Å². The van der Waals surface area contributed by atoms with E-state index in [0.717, 1.165) is 25.2 Å². The fourth-order valence-electron chi connectivity index (χ4n) is 1.12. The summed E-state index contributed by atoms with van der Waals surface area (Å²) in [6.07, 6.45) is 2.29. The van der Waals surface area contributed by atoms with Crippen molar-refractivity contribution in [1.29, 1.82) is 0 Å². The Hall–Kier alpha value is -1.39. The van der Waals surface area contributed by atoms with Gasteiger partial charge in [-0.25, -0.2) is 0 Å². The van der Waals surface area contributed by atoms with E-state index in [2.05, 4.69) is 27.2 Å². The van der Waals surface area contributed by atoms with Gasteiger partial charge in [-0.3, -0.25) is 0 Å². The number of hydrogen-bond acceptors (Lipinski definition) is 5. The van der Waals surface area contributed by atoms with Gasteiger partial charge in [0.25, 0.3) is 0 Å². The van der Waals surface area contributed by atoms with Gasteiger partial charge >= 0.3 is 0 Å². The number of anilines is 2. The van der Waals surface area contributed by atoms with Gasteiger partial charge in [0, 0.05) is 20.6 Å². The highest BCUT2D eigenvalue weighted by molar-refractivity contribution is 5.35. The van der Waals surface area contributed by atoms with Crippen molar-refractivity contribution in [3.05, 3.63) is 5.82 Å². The summed E-state index contributed by atoms with van der Waals surface area (Å²) >= 11 is 0. The minimum absolute atomic E-state index is 0.666. The standard InChI is InChI=1S/C10H19N5/c1-5-6-7-11-9-12-8(2)13-10(14-9)15(3)4/h5-7H2,1-4H3,(H,11,12,13,14). The number of aryl methyl sites for hydroxylation is 1. The summed E-state index contributed by atoms with van der Waals surface area (Å²) in [5.74, 6) is 2.11. The van der Waals surface area contributed by atoms with Crippen LogP contribution in [0.4, 0.5) is 11.9 Å². The number of rotatable bonds is 5. The van der Waals surface area contributed by atoms with Gasteiger partial charge in [0.15, 0.2) is 0 Å².